The molecule has 0 bridgehead atoms. The first-order valence-corrected chi connectivity index (χ1v) is 6.81. The first-order valence-electron chi connectivity index (χ1n) is 6.81. The van der Waals surface area contributed by atoms with Gasteiger partial charge >= 0.3 is 0 Å². The van der Waals surface area contributed by atoms with Gasteiger partial charge in [0.25, 0.3) is 0 Å². The highest BCUT2D eigenvalue weighted by Crippen LogP contribution is 2.22. The maximum Gasteiger partial charge on any atom is 0.102 e. The maximum absolute atomic E-state index is 5.92. The molecule has 2 N–H and O–H groups in total. The van der Waals surface area contributed by atoms with E-state index in [1.165, 1.54) is 16.5 Å². The zero-order valence-corrected chi connectivity index (χ0v) is 11.8. The molecule has 1 aromatic carbocycles. The highest BCUT2D eigenvalue weighted by molar-refractivity contribution is 5.83. The Morgan fingerprint density at radius 1 is 1.30 bits per heavy atom. The molecule has 3 aromatic rings. The number of fused-ring (bicyclic) bond motifs is 1. The molecule has 0 aliphatic heterocycles. The van der Waals surface area contributed by atoms with Crippen molar-refractivity contribution in [1.29, 1.82) is 0 Å². The Balaban J connectivity index is 1.97. The summed E-state index contributed by atoms with van der Waals surface area (Å²) >= 11 is 0. The van der Waals surface area contributed by atoms with Crippen molar-refractivity contribution < 1.29 is 0 Å². The van der Waals surface area contributed by atoms with Crippen LogP contribution in [-0.4, -0.2) is 25.6 Å². The lowest BCUT2D eigenvalue weighted by Gasteiger charge is -2.08. The summed E-state index contributed by atoms with van der Waals surface area (Å²) < 4.78 is 3.92. The van der Waals surface area contributed by atoms with Gasteiger partial charge in [-0.1, -0.05) is 17.3 Å². The molecule has 0 spiro atoms. The number of rotatable bonds is 4. The number of benzene rings is 1. The number of aromatic nitrogens is 4. The van der Waals surface area contributed by atoms with Crippen LogP contribution in [0, 0.1) is 0 Å². The van der Waals surface area contributed by atoms with Crippen molar-refractivity contribution in [3.8, 4) is 0 Å². The van der Waals surface area contributed by atoms with E-state index in [1.54, 1.807) is 4.68 Å². The average Bonchev–Trinajstić information content (AvgIpc) is 2.97. The monoisotopic (exact) mass is 269 g/mol. The van der Waals surface area contributed by atoms with Gasteiger partial charge in [-0.2, -0.15) is 0 Å². The Bertz CT molecular complexity index is 723. The van der Waals surface area contributed by atoms with Gasteiger partial charge in [-0.3, -0.25) is 4.68 Å². The van der Waals surface area contributed by atoms with Gasteiger partial charge in [-0.15, -0.1) is 5.10 Å². The molecule has 0 aliphatic carbocycles. The second-order valence-electron chi connectivity index (χ2n) is 5.36. The van der Waals surface area contributed by atoms with Crippen LogP contribution in [-0.2, 0) is 20.0 Å². The third-order valence-electron chi connectivity index (χ3n) is 3.43. The van der Waals surface area contributed by atoms with Crippen molar-refractivity contribution in [3.05, 3.63) is 47.9 Å². The van der Waals surface area contributed by atoms with Crippen LogP contribution in [0.4, 0.5) is 0 Å². The fourth-order valence-electron chi connectivity index (χ4n) is 2.59. The fraction of sp³-hybridized carbons (Fsp3) is 0.333. The molecule has 0 saturated carbocycles. The van der Waals surface area contributed by atoms with E-state index in [4.69, 9.17) is 5.73 Å². The summed E-state index contributed by atoms with van der Waals surface area (Å²) in [5, 5.41) is 9.38. The van der Waals surface area contributed by atoms with Gasteiger partial charge in [0, 0.05) is 36.4 Å². The molecule has 104 valence electrons. The van der Waals surface area contributed by atoms with Crippen LogP contribution >= 0.6 is 0 Å². The predicted molar refractivity (Wildman–Crippen MR) is 79.4 cm³/mol. The summed E-state index contributed by atoms with van der Waals surface area (Å²) in [6.07, 6.45) is 4.94. The molecule has 1 unspecified atom stereocenters. The molecule has 2 aromatic heterocycles. The summed E-state index contributed by atoms with van der Waals surface area (Å²) in [6.45, 7) is 2.77. The summed E-state index contributed by atoms with van der Waals surface area (Å²) in [7, 11) is 1.88. The van der Waals surface area contributed by atoms with E-state index in [2.05, 4.69) is 45.3 Å². The van der Waals surface area contributed by atoms with E-state index in [0.717, 1.165) is 18.7 Å². The van der Waals surface area contributed by atoms with Crippen LogP contribution in [0.5, 0.6) is 0 Å². The summed E-state index contributed by atoms with van der Waals surface area (Å²) in [5.41, 5.74) is 9.40. The summed E-state index contributed by atoms with van der Waals surface area (Å²) in [5.74, 6) is 0. The molecule has 1 atom stereocenters. The molecule has 5 heteroatoms. The Morgan fingerprint density at radius 2 is 2.15 bits per heavy atom. The zero-order valence-electron chi connectivity index (χ0n) is 11.8. The molecule has 3 rings (SSSR count). The number of hydrogen-bond donors (Lipinski definition) is 1. The number of aryl methyl sites for hydroxylation is 1. The molecular weight excluding hydrogens is 250 g/mol. The van der Waals surface area contributed by atoms with E-state index < -0.39 is 0 Å². The van der Waals surface area contributed by atoms with Crippen molar-refractivity contribution in [1.82, 2.24) is 19.6 Å². The molecule has 0 amide bonds. The minimum atomic E-state index is 0.170. The van der Waals surface area contributed by atoms with Gasteiger partial charge in [0.15, 0.2) is 0 Å². The molecule has 0 fully saturated rings. The lowest BCUT2D eigenvalue weighted by atomic mass is 10.0. The van der Waals surface area contributed by atoms with Crippen molar-refractivity contribution in [2.75, 3.05) is 0 Å². The van der Waals surface area contributed by atoms with E-state index in [9.17, 15) is 0 Å². The van der Waals surface area contributed by atoms with Gasteiger partial charge in [-0.25, -0.2) is 0 Å². The number of hydrogen-bond acceptors (Lipinski definition) is 3. The zero-order chi connectivity index (χ0) is 14.1. The topological polar surface area (TPSA) is 61.7 Å². The molecule has 0 aliphatic rings. The van der Waals surface area contributed by atoms with Crippen LogP contribution in [0.3, 0.4) is 0 Å². The quantitative estimate of drug-likeness (QED) is 0.784. The molecule has 0 radical (unpaired) electrons. The molecule has 20 heavy (non-hydrogen) atoms. The Labute approximate surface area is 118 Å². The minimum Gasteiger partial charge on any atom is -0.341 e. The predicted octanol–water partition coefficient (Wildman–Crippen LogP) is 1.71. The first kappa shape index (κ1) is 12.9. The maximum atomic E-state index is 5.92. The van der Waals surface area contributed by atoms with Crippen molar-refractivity contribution in [2.24, 2.45) is 12.8 Å². The fourth-order valence-corrected chi connectivity index (χ4v) is 2.59. The third kappa shape index (κ3) is 2.44. The standard InChI is InChI=1S/C15H19N5/c1-11(16)8-12-4-3-5-15-14(12)6-7-20(15)10-13-9-19(2)18-17-13/h3-7,9,11H,8,10,16H2,1-2H3. The normalized spacial score (nSPS) is 12.9. The van der Waals surface area contributed by atoms with Gasteiger partial charge in [0.1, 0.15) is 5.69 Å². The SMILES string of the molecule is CC(N)Cc1cccc2c1ccn2Cc1cn(C)nn1. The largest absolute Gasteiger partial charge is 0.341 e. The molecule has 0 saturated heterocycles. The van der Waals surface area contributed by atoms with Crippen molar-refractivity contribution >= 4 is 10.9 Å². The second kappa shape index (κ2) is 5.09. The van der Waals surface area contributed by atoms with Crippen LogP contribution in [0.1, 0.15) is 18.2 Å². The minimum absolute atomic E-state index is 0.170. The lowest BCUT2D eigenvalue weighted by molar-refractivity contribution is 0.711. The van der Waals surface area contributed by atoms with Crippen LogP contribution in [0.25, 0.3) is 10.9 Å². The van der Waals surface area contributed by atoms with Gasteiger partial charge in [-0.05, 0) is 31.0 Å². The summed E-state index contributed by atoms with van der Waals surface area (Å²) in [4.78, 5) is 0. The average molecular weight is 269 g/mol. The Morgan fingerprint density at radius 3 is 2.85 bits per heavy atom. The molecule has 5 nitrogen and oxygen atoms in total. The Kier molecular flexibility index (Phi) is 3.28. The van der Waals surface area contributed by atoms with E-state index >= 15 is 0 Å². The van der Waals surface area contributed by atoms with Crippen molar-refractivity contribution in [3.63, 3.8) is 0 Å². The highest BCUT2D eigenvalue weighted by atomic mass is 15.4. The van der Waals surface area contributed by atoms with Crippen LogP contribution < -0.4 is 5.73 Å². The van der Waals surface area contributed by atoms with E-state index in [1.807, 2.05) is 20.2 Å². The summed E-state index contributed by atoms with van der Waals surface area (Å²) in [6, 6.07) is 8.70. The van der Waals surface area contributed by atoms with E-state index in [-0.39, 0.29) is 6.04 Å². The van der Waals surface area contributed by atoms with E-state index in [0.29, 0.717) is 0 Å². The first-order chi connectivity index (χ1) is 9.63. The highest BCUT2D eigenvalue weighted by Gasteiger charge is 2.08. The lowest BCUT2D eigenvalue weighted by Crippen LogP contribution is -2.17. The van der Waals surface area contributed by atoms with Crippen LogP contribution in [0.15, 0.2) is 36.7 Å². The number of nitrogens with two attached hydrogens (primary N) is 1. The number of nitrogens with zero attached hydrogens (tertiary/aromatic N) is 4. The van der Waals surface area contributed by atoms with Crippen LogP contribution in [0.2, 0.25) is 0 Å². The smallest absolute Gasteiger partial charge is 0.102 e. The molecular formula is C15H19N5. The van der Waals surface area contributed by atoms with Gasteiger partial charge in [0.2, 0.25) is 0 Å². The third-order valence-corrected chi connectivity index (χ3v) is 3.43. The Hall–Kier alpha value is -2.14. The molecule has 2 heterocycles. The van der Waals surface area contributed by atoms with Gasteiger partial charge in [0.05, 0.1) is 6.54 Å². The van der Waals surface area contributed by atoms with Gasteiger partial charge < -0.3 is 10.3 Å². The van der Waals surface area contributed by atoms with Crippen molar-refractivity contribution in [2.45, 2.75) is 25.9 Å². The second-order valence-corrected chi connectivity index (χ2v) is 5.36.